The van der Waals surface area contributed by atoms with Gasteiger partial charge in [-0.15, -0.1) is 0 Å². The molecule has 2 bridgehead atoms. The molecule has 23 heavy (non-hydrogen) atoms. The van der Waals surface area contributed by atoms with Gasteiger partial charge in [0.25, 0.3) is 5.91 Å². The van der Waals surface area contributed by atoms with Crippen LogP contribution in [-0.2, 0) is 4.79 Å². The lowest BCUT2D eigenvalue weighted by atomic mass is 9.84. The second kappa shape index (κ2) is 6.73. The molecule has 3 rings (SSSR count). The lowest BCUT2D eigenvalue weighted by molar-refractivity contribution is -0.121. The lowest BCUT2D eigenvalue weighted by Crippen LogP contribution is -2.44. The van der Waals surface area contributed by atoms with E-state index in [9.17, 15) is 9.59 Å². The van der Waals surface area contributed by atoms with Gasteiger partial charge in [-0.3, -0.25) is 9.59 Å². The molecule has 0 aliphatic heterocycles. The number of rotatable bonds is 5. The molecule has 1 aromatic carbocycles. The van der Waals surface area contributed by atoms with Crippen molar-refractivity contribution in [2.75, 3.05) is 6.54 Å². The second-order valence-corrected chi connectivity index (χ2v) is 7.19. The minimum absolute atomic E-state index is 0.0400. The van der Waals surface area contributed by atoms with Crippen molar-refractivity contribution < 1.29 is 9.59 Å². The van der Waals surface area contributed by atoms with Crippen LogP contribution in [0.15, 0.2) is 24.3 Å². The first-order valence-corrected chi connectivity index (χ1v) is 8.67. The third-order valence-electron chi connectivity index (χ3n) is 5.62. The van der Waals surface area contributed by atoms with Gasteiger partial charge in [-0.05, 0) is 62.5 Å². The van der Waals surface area contributed by atoms with Crippen LogP contribution in [0.1, 0.15) is 48.5 Å². The highest BCUT2D eigenvalue weighted by Gasteiger charge is 2.42. The van der Waals surface area contributed by atoms with Crippen molar-refractivity contribution in [3.8, 4) is 0 Å². The average Bonchev–Trinajstić information content (AvgIpc) is 3.16. The predicted molar refractivity (Wildman–Crippen MR) is 90.1 cm³/mol. The molecule has 0 saturated heterocycles. The summed E-state index contributed by atoms with van der Waals surface area (Å²) in [5.74, 6) is 2.00. The van der Waals surface area contributed by atoms with Gasteiger partial charge in [0.1, 0.15) is 0 Å². The number of aryl methyl sites for hydroxylation is 1. The van der Waals surface area contributed by atoms with Gasteiger partial charge < -0.3 is 10.6 Å². The zero-order valence-corrected chi connectivity index (χ0v) is 14.0. The Morgan fingerprint density at radius 1 is 1.22 bits per heavy atom. The Kier molecular flexibility index (Phi) is 4.69. The molecule has 0 aromatic heterocycles. The Labute approximate surface area is 138 Å². The predicted octanol–water partition coefficient (Wildman–Crippen LogP) is 2.67. The molecule has 2 aliphatic rings. The van der Waals surface area contributed by atoms with E-state index in [2.05, 4.69) is 17.6 Å². The average molecular weight is 314 g/mol. The van der Waals surface area contributed by atoms with Crippen molar-refractivity contribution in [3.05, 3.63) is 35.4 Å². The molecule has 2 fully saturated rings. The van der Waals surface area contributed by atoms with Crippen LogP contribution < -0.4 is 10.6 Å². The summed E-state index contributed by atoms with van der Waals surface area (Å²) in [5.41, 5.74) is 1.54. The van der Waals surface area contributed by atoms with Crippen molar-refractivity contribution in [3.63, 3.8) is 0 Å². The van der Waals surface area contributed by atoms with Gasteiger partial charge in [-0.2, -0.15) is 0 Å². The summed E-state index contributed by atoms with van der Waals surface area (Å²) in [6.07, 6.45) is 5.28. The quantitative estimate of drug-likeness (QED) is 0.878. The number of hydrogen-bond donors (Lipinski definition) is 2. The largest absolute Gasteiger partial charge is 0.352 e. The number of amides is 2. The molecule has 0 radical (unpaired) electrons. The van der Waals surface area contributed by atoms with E-state index in [1.54, 1.807) is 6.07 Å². The highest BCUT2D eigenvalue weighted by atomic mass is 16.2. The smallest absolute Gasteiger partial charge is 0.251 e. The van der Waals surface area contributed by atoms with Crippen LogP contribution in [0.3, 0.4) is 0 Å². The Bertz CT molecular complexity index is 599. The molecule has 2 amide bonds. The fourth-order valence-corrected chi connectivity index (χ4v) is 4.40. The summed E-state index contributed by atoms with van der Waals surface area (Å²) in [6.45, 7) is 4.04. The molecule has 124 valence electrons. The standard InChI is InChI=1S/C19H26N2O2/c1-12-5-3-4-6-16(12)19(23)20-11-18(22)21-13(2)17-10-14-7-8-15(17)9-14/h3-6,13-15,17H,7-11H2,1-2H3,(H,20,23)(H,21,22). The molecule has 4 unspecified atom stereocenters. The first-order chi connectivity index (χ1) is 11.0. The van der Waals surface area contributed by atoms with Crippen LogP contribution in [-0.4, -0.2) is 24.4 Å². The normalized spacial score (nSPS) is 26.8. The van der Waals surface area contributed by atoms with Gasteiger partial charge in [0, 0.05) is 11.6 Å². The number of benzene rings is 1. The van der Waals surface area contributed by atoms with Gasteiger partial charge in [-0.25, -0.2) is 0 Å². The molecule has 4 nitrogen and oxygen atoms in total. The summed E-state index contributed by atoms with van der Waals surface area (Å²) in [6, 6.07) is 7.61. The summed E-state index contributed by atoms with van der Waals surface area (Å²) in [4.78, 5) is 24.2. The van der Waals surface area contributed by atoms with Gasteiger partial charge in [0.15, 0.2) is 0 Å². The molecule has 1 aromatic rings. The maximum atomic E-state index is 12.1. The maximum absolute atomic E-state index is 12.1. The zero-order valence-electron chi connectivity index (χ0n) is 14.0. The summed E-state index contributed by atoms with van der Waals surface area (Å²) in [5, 5.41) is 5.79. The van der Waals surface area contributed by atoms with Crippen molar-refractivity contribution in [2.45, 2.75) is 45.6 Å². The van der Waals surface area contributed by atoms with Crippen LogP contribution in [0.25, 0.3) is 0 Å². The van der Waals surface area contributed by atoms with E-state index < -0.39 is 0 Å². The zero-order chi connectivity index (χ0) is 16.4. The molecule has 4 atom stereocenters. The van der Waals surface area contributed by atoms with E-state index >= 15 is 0 Å². The van der Waals surface area contributed by atoms with Crippen molar-refractivity contribution >= 4 is 11.8 Å². The van der Waals surface area contributed by atoms with Gasteiger partial charge >= 0.3 is 0 Å². The topological polar surface area (TPSA) is 58.2 Å². The third-order valence-corrected chi connectivity index (χ3v) is 5.62. The molecule has 2 N–H and O–H groups in total. The molecular formula is C19H26N2O2. The maximum Gasteiger partial charge on any atom is 0.251 e. The summed E-state index contributed by atoms with van der Waals surface area (Å²) < 4.78 is 0. The first kappa shape index (κ1) is 16.0. The SMILES string of the molecule is Cc1ccccc1C(=O)NCC(=O)NC(C)C1CC2CCC1C2. The highest BCUT2D eigenvalue weighted by Crippen LogP contribution is 2.49. The van der Waals surface area contributed by atoms with Crippen LogP contribution in [0.2, 0.25) is 0 Å². The molecule has 2 aliphatic carbocycles. The lowest BCUT2D eigenvalue weighted by Gasteiger charge is -2.28. The van der Waals surface area contributed by atoms with Crippen LogP contribution in [0.4, 0.5) is 0 Å². The van der Waals surface area contributed by atoms with Crippen molar-refractivity contribution in [2.24, 2.45) is 17.8 Å². The fourth-order valence-electron chi connectivity index (χ4n) is 4.40. The third kappa shape index (κ3) is 3.57. The number of carbonyl (C=O) groups is 2. The van der Waals surface area contributed by atoms with E-state index in [4.69, 9.17) is 0 Å². The highest BCUT2D eigenvalue weighted by molar-refractivity contribution is 5.97. The van der Waals surface area contributed by atoms with Crippen LogP contribution >= 0.6 is 0 Å². The minimum atomic E-state index is -0.189. The Hall–Kier alpha value is -1.84. The summed E-state index contributed by atoms with van der Waals surface area (Å²) in [7, 11) is 0. The van der Waals surface area contributed by atoms with Crippen LogP contribution in [0, 0.1) is 24.7 Å². The number of fused-ring (bicyclic) bond motifs is 2. The first-order valence-electron chi connectivity index (χ1n) is 8.67. The number of carbonyl (C=O) groups excluding carboxylic acids is 2. The fraction of sp³-hybridized carbons (Fsp3) is 0.579. The number of hydrogen-bond acceptors (Lipinski definition) is 2. The van der Waals surface area contributed by atoms with E-state index in [0.29, 0.717) is 11.5 Å². The molecule has 4 heteroatoms. The Morgan fingerprint density at radius 2 is 2.00 bits per heavy atom. The molecule has 2 saturated carbocycles. The van der Waals surface area contributed by atoms with Gasteiger partial charge in [-0.1, -0.05) is 24.6 Å². The monoisotopic (exact) mass is 314 g/mol. The molecular weight excluding hydrogens is 288 g/mol. The van der Waals surface area contributed by atoms with Crippen molar-refractivity contribution in [1.82, 2.24) is 10.6 Å². The van der Waals surface area contributed by atoms with Crippen LogP contribution in [0.5, 0.6) is 0 Å². The molecule has 0 heterocycles. The van der Waals surface area contributed by atoms with Gasteiger partial charge in [0.05, 0.1) is 6.54 Å². The second-order valence-electron chi connectivity index (χ2n) is 7.19. The summed E-state index contributed by atoms with van der Waals surface area (Å²) >= 11 is 0. The molecule has 0 spiro atoms. The van der Waals surface area contributed by atoms with E-state index in [-0.39, 0.29) is 24.4 Å². The Balaban J connectivity index is 1.46. The van der Waals surface area contributed by atoms with Crippen molar-refractivity contribution in [1.29, 1.82) is 0 Å². The van der Waals surface area contributed by atoms with E-state index in [1.807, 2.05) is 25.1 Å². The van der Waals surface area contributed by atoms with E-state index in [0.717, 1.165) is 17.4 Å². The number of nitrogens with one attached hydrogen (secondary N) is 2. The Morgan fingerprint density at radius 3 is 2.65 bits per heavy atom. The van der Waals surface area contributed by atoms with Gasteiger partial charge in [0.2, 0.25) is 5.91 Å². The van der Waals surface area contributed by atoms with E-state index in [1.165, 1.54) is 25.7 Å². The minimum Gasteiger partial charge on any atom is -0.352 e.